The maximum atomic E-state index is 6.26. The third kappa shape index (κ3) is 3.61. The Labute approximate surface area is 170 Å². The van der Waals surface area contributed by atoms with Crippen LogP contribution in [-0.2, 0) is 0 Å². The third-order valence-electron chi connectivity index (χ3n) is 4.91. The predicted octanol–water partition coefficient (Wildman–Crippen LogP) is 7.36. The lowest BCUT2D eigenvalue weighted by Gasteiger charge is -2.13. The van der Waals surface area contributed by atoms with Gasteiger partial charge in [-0.05, 0) is 41.5 Å². The van der Waals surface area contributed by atoms with E-state index in [1.165, 1.54) is 5.56 Å². The molecule has 1 aromatic heterocycles. The predicted molar refractivity (Wildman–Crippen MR) is 119 cm³/mol. The Kier molecular flexibility index (Phi) is 4.51. The van der Waals surface area contributed by atoms with Gasteiger partial charge >= 0.3 is 0 Å². The molecule has 0 radical (unpaired) electrons. The van der Waals surface area contributed by atoms with Crippen LogP contribution in [-0.4, -0.2) is 4.98 Å². The highest BCUT2D eigenvalue weighted by Crippen LogP contribution is 2.35. The van der Waals surface area contributed by atoms with Crippen LogP contribution < -0.4 is 4.74 Å². The van der Waals surface area contributed by atoms with Crippen LogP contribution in [0.4, 0.5) is 0 Å². The molecule has 0 aliphatic carbocycles. The monoisotopic (exact) mass is 373 g/mol. The summed E-state index contributed by atoms with van der Waals surface area (Å²) in [5.41, 5.74) is 5.18. The van der Waals surface area contributed by atoms with Crippen molar-refractivity contribution in [3.05, 3.63) is 115 Å². The summed E-state index contributed by atoms with van der Waals surface area (Å²) in [5, 5.41) is 1.05. The zero-order valence-electron chi connectivity index (χ0n) is 15.8. The molecule has 2 heteroatoms. The van der Waals surface area contributed by atoms with Gasteiger partial charge in [0.2, 0.25) is 0 Å². The first-order valence-electron chi connectivity index (χ1n) is 9.65. The number of pyridine rings is 1. The molecule has 0 atom stereocenters. The number of benzene rings is 4. The summed E-state index contributed by atoms with van der Waals surface area (Å²) >= 11 is 0. The van der Waals surface area contributed by atoms with Crippen LogP contribution in [0.1, 0.15) is 0 Å². The molecule has 0 spiro atoms. The van der Waals surface area contributed by atoms with Crippen molar-refractivity contribution in [1.82, 2.24) is 4.98 Å². The summed E-state index contributed by atoms with van der Waals surface area (Å²) in [5.74, 6) is 1.55. The normalized spacial score (nSPS) is 10.8. The minimum atomic E-state index is 0.750. The number of fused-ring (bicyclic) bond motifs is 1. The minimum Gasteiger partial charge on any atom is -0.455 e. The highest BCUT2D eigenvalue weighted by molar-refractivity contribution is 5.88. The van der Waals surface area contributed by atoms with Crippen LogP contribution in [0.3, 0.4) is 0 Å². The number of hydrogen-bond donors (Lipinski definition) is 0. The van der Waals surface area contributed by atoms with Crippen LogP contribution in [0.15, 0.2) is 115 Å². The van der Waals surface area contributed by atoms with Gasteiger partial charge in [0.25, 0.3) is 0 Å². The summed E-state index contributed by atoms with van der Waals surface area (Å²) < 4.78 is 6.26. The molecule has 0 saturated heterocycles. The van der Waals surface area contributed by atoms with Crippen molar-refractivity contribution in [3.63, 3.8) is 0 Å². The SMILES string of the molecule is c1ccc(Oc2cc3cc(-c4ccccc4)ccc3nc2-c2ccccc2)cc1. The second-order valence-electron chi connectivity index (χ2n) is 6.89. The highest BCUT2D eigenvalue weighted by atomic mass is 16.5. The average Bonchev–Trinajstić information content (AvgIpc) is 2.80. The number of nitrogens with zero attached hydrogens (tertiary/aromatic N) is 1. The Hall–Kier alpha value is -3.91. The fourth-order valence-electron chi connectivity index (χ4n) is 3.46. The molecule has 5 aromatic rings. The molecule has 5 rings (SSSR count). The molecule has 0 fully saturated rings. The molecule has 0 aliphatic rings. The Balaban J connectivity index is 1.67. The van der Waals surface area contributed by atoms with Gasteiger partial charge in [-0.1, -0.05) is 84.9 Å². The molecule has 0 bridgehead atoms. The van der Waals surface area contributed by atoms with Crippen molar-refractivity contribution in [2.45, 2.75) is 0 Å². The van der Waals surface area contributed by atoms with Gasteiger partial charge in [-0.15, -0.1) is 0 Å². The number of aromatic nitrogens is 1. The largest absolute Gasteiger partial charge is 0.455 e. The van der Waals surface area contributed by atoms with Crippen LogP contribution in [0, 0.1) is 0 Å². The molecular formula is C27H19NO. The summed E-state index contributed by atoms with van der Waals surface area (Å²) in [6.45, 7) is 0. The lowest BCUT2D eigenvalue weighted by molar-refractivity contribution is 0.483. The van der Waals surface area contributed by atoms with E-state index in [2.05, 4.69) is 60.7 Å². The summed E-state index contributed by atoms with van der Waals surface area (Å²) in [6, 6.07) is 38.9. The summed E-state index contributed by atoms with van der Waals surface area (Å²) in [6.07, 6.45) is 0. The molecule has 0 amide bonds. The minimum absolute atomic E-state index is 0.750. The molecule has 0 aliphatic heterocycles. The average molecular weight is 373 g/mol. The molecule has 1 heterocycles. The maximum Gasteiger partial charge on any atom is 0.154 e. The molecule has 0 saturated carbocycles. The molecular weight excluding hydrogens is 354 g/mol. The molecule has 29 heavy (non-hydrogen) atoms. The van der Waals surface area contributed by atoms with Gasteiger partial charge in [-0.2, -0.15) is 0 Å². The standard InChI is InChI=1S/C27H19NO/c1-4-10-20(11-5-1)22-16-17-25-23(18-22)19-26(29-24-14-8-3-9-15-24)27(28-25)21-12-6-2-7-13-21/h1-19H. The first-order valence-corrected chi connectivity index (χ1v) is 9.65. The molecule has 2 nitrogen and oxygen atoms in total. The number of para-hydroxylation sites is 1. The molecule has 0 N–H and O–H groups in total. The van der Waals surface area contributed by atoms with Crippen molar-refractivity contribution in [1.29, 1.82) is 0 Å². The van der Waals surface area contributed by atoms with E-state index in [-0.39, 0.29) is 0 Å². The maximum absolute atomic E-state index is 6.26. The van der Waals surface area contributed by atoms with E-state index in [9.17, 15) is 0 Å². The van der Waals surface area contributed by atoms with E-state index in [4.69, 9.17) is 9.72 Å². The topological polar surface area (TPSA) is 22.1 Å². The van der Waals surface area contributed by atoms with Crippen molar-refractivity contribution >= 4 is 10.9 Å². The Morgan fingerprint density at radius 3 is 1.83 bits per heavy atom. The van der Waals surface area contributed by atoms with E-state index in [0.29, 0.717) is 0 Å². The van der Waals surface area contributed by atoms with Gasteiger partial charge in [0.1, 0.15) is 11.4 Å². The summed E-state index contributed by atoms with van der Waals surface area (Å²) in [7, 11) is 0. The second-order valence-corrected chi connectivity index (χ2v) is 6.89. The van der Waals surface area contributed by atoms with Gasteiger partial charge in [0.05, 0.1) is 5.52 Å². The zero-order chi connectivity index (χ0) is 19.5. The first kappa shape index (κ1) is 17.2. The third-order valence-corrected chi connectivity index (χ3v) is 4.91. The molecule has 4 aromatic carbocycles. The van der Waals surface area contributed by atoms with E-state index in [1.807, 2.05) is 54.6 Å². The lowest BCUT2D eigenvalue weighted by atomic mass is 10.0. The van der Waals surface area contributed by atoms with E-state index in [0.717, 1.165) is 39.2 Å². The van der Waals surface area contributed by atoms with Gasteiger partial charge in [0.15, 0.2) is 5.75 Å². The first-order chi connectivity index (χ1) is 14.4. The lowest BCUT2D eigenvalue weighted by Crippen LogP contribution is -1.93. The van der Waals surface area contributed by atoms with Crippen molar-refractivity contribution < 1.29 is 4.74 Å². The van der Waals surface area contributed by atoms with Crippen LogP contribution in [0.25, 0.3) is 33.3 Å². The number of rotatable bonds is 4. The Morgan fingerprint density at radius 2 is 1.14 bits per heavy atom. The smallest absolute Gasteiger partial charge is 0.154 e. The van der Waals surface area contributed by atoms with Gasteiger partial charge in [-0.25, -0.2) is 4.98 Å². The van der Waals surface area contributed by atoms with Crippen molar-refractivity contribution in [2.24, 2.45) is 0 Å². The Morgan fingerprint density at radius 1 is 0.517 bits per heavy atom. The van der Waals surface area contributed by atoms with E-state index in [1.54, 1.807) is 0 Å². The van der Waals surface area contributed by atoms with Crippen LogP contribution >= 0.6 is 0 Å². The Bertz CT molecular complexity index is 1250. The highest BCUT2D eigenvalue weighted by Gasteiger charge is 2.12. The van der Waals surface area contributed by atoms with Gasteiger partial charge in [0, 0.05) is 10.9 Å². The quantitative estimate of drug-likeness (QED) is 0.328. The van der Waals surface area contributed by atoms with Crippen molar-refractivity contribution in [3.8, 4) is 33.9 Å². The second kappa shape index (κ2) is 7.61. The fourth-order valence-corrected chi connectivity index (χ4v) is 3.46. The van der Waals surface area contributed by atoms with Gasteiger partial charge in [-0.3, -0.25) is 0 Å². The molecule has 0 unspecified atom stereocenters. The van der Waals surface area contributed by atoms with Crippen molar-refractivity contribution in [2.75, 3.05) is 0 Å². The van der Waals surface area contributed by atoms with Crippen LogP contribution in [0.5, 0.6) is 11.5 Å². The number of hydrogen-bond acceptors (Lipinski definition) is 2. The summed E-state index contributed by atoms with van der Waals surface area (Å²) in [4.78, 5) is 4.95. The number of ether oxygens (including phenoxy) is 1. The van der Waals surface area contributed by atoms with E-state index < -0.39 is 0 Å². The zero-order valence-corrected chi connectivity index (χ0v) is 15.8. The molecule has 138 valence electrons. The van der Waals surface area contributed by atoms with Gasteiger partial charge < -0.3 is 4.74 Å². The van der Waals surface area contributed by atoms with E-state index >= 15 is 0 Å². The van der Waals surface area contributed by atoms with Crippen LogP contribution in [0.2, 0.25) is 0 Å². The fraction of sp³-hybridized carbons (Fsp3) is 0.